The fourth-order valence-electron chi connectivity index (χ4n) is 2.05. The third kappa shape index (κ3) is 5.07. The van der Waals surface area contributed by atoms with Crippen LogP contribution in [0.3, 0.4) is 0 Å². The number of para-hydroxylation sites is 1. The Morgan fingerprint density at radius 2 is 1.88 bits per heavy atom. The summed E-state index contributed by atoms with van der Waals surface area (Å²) < 4.78 is 30.7. The summed E-state index contributed by atoms with van der Waals surface area (Å²) in [6, 6.07) is 14.3. The van der Waals surface area contributed by atoms with Crippen LogP contribution in [-0.2, 0) is 10.0 Å². The zero-order chi connectivity index (χ0) is 17.6. The number of amides is 1. The molecule has 1 amide bonds. The molecule has 0 aliphatic carbocycles. The van der Waals surface area contributed by atoms with E-state index in [0.29, 0.717) is 17.1 Å². The van der Waals surface area contributed by atoms with Crippen molar-refractivity contribution in [3.63, 3.8) is 0 Å². The summed E-state index contributed by atoms with van der Waals surface area (Å²) in [5, 5.41) is 2.59. The molecule has 2 aromatic carbocycles. The molecule has 0 fully saturated rings. The third-order valence-corrected chi connectivity index (χ3v) is 4.68. The molecule has 2 aromatic rings. The van der Waals surface area contributed by atoms with Gasteiger partial charge in [0.05, 0.1) is 11.3 Å². The second kappa shape index (κ2) is 7.94. The maximum Gasteiger partial charge on any atom is 0.255 e. The Bertz CT molecular complexity index is 819. The molecule has 0 radical (unpaired) electrons. The van der Waals surface area contributed by atoms with Crippen LogP contribution in [0.15, 0.2) is 48.5 Å². The molecular formula is C17H20N2O4S. The number of hydrogen-bond donors (Lipinski definition) is 2. The van der Waals surface area contributed by atoms with Gasteiger partial charge in [-0.3, -0.25) is 4.79 Å². The SMILES string of the molecule is CNS(=O)(=O)CCNC(=O)c1ccccc1Oc1cccc(C)c1. The van der Waals surface area contributed by atoms with E-state index in [4.69, 9.17) is 4.74 Å². The van der Waals surface area contributed by atoms with Crippen LogP contribution in [-0.4, -0.2) is 33.7 Å². The number of sulfonamides is 1. The Hall–Kier alpha value is -2.38. The van der Waals surface area contributed by atoms with Crippen LogP contribution in [0, 0.1) is 6.92 Å². The van der Waals surface area contributed by atoms with Crippen LogP contribution in [0.2, 0.25) is 0 Å². The zero-order valence-corrected chi connectivity index (χ0v) is 14.4. The van der Waals surface area contributed by atoms with E-state index in [2.05, 4.69) is 10.0 Å². The molecule has 6 nitrogen and oxygen atoms in total. The van der Waals surface area contributed by atoms with Crippen LogP contribution in [0.25, 0.3) is 0 Å². The Morgan fingerprint density at radius 1 is 1.12 bits per heavy atom. The Morgan fingerprint density at radius 3 is 2.58 bits per heavy atom. The first-order valence-electron chi connectivity index (χ1n) is 7.44. The van der Waals surface area contributed by atoms with Gasteiger partial charge in [-0.25, -0.2) is 13.1 Å². The molecule has 2 N–H and O–H groups in total. The Kier molecular flexibility index (Phi) is 5.94. The van der Waals surface area contributed by atoms with E-state index in [1.54, 1.807) is 30.3 Å². The van der Waals surface area contributed by atoms with Crippen LogP contribution < -0.4 is 14.8 Å². The second-order valence-electron chi connectivity index (χ2n) is 5.19. The highest BCUT2D eigenvalue weighted by molar-refractivity contribution is 7.89. The van der Waals surface area contributed by atoms with Crippen molar-refractivity contribution >= 4 is 15.9 Å². The summed E-state index contributed by atoms with van der Waals surface area (Å²) in [5.41, 5.74) is 1.40. The number of rotatable bonds is 7. The van der Waals surface area contributed by atoms with E-state index < -0.39 is 10.0 Å². The first-order chi connectivity index (χ1) is 11.4. The smallest absolute Gasteiger partial charge is 0.255 e. The summed E-state index contributed by atoms with van der Waals surface area (Å²) in [6.45, 7) is 1.97. The van der Waals surface area contributed by atoms with Gasteiger partial charge < -0.3 is 10.1 Å². The minimum atomic E-state index is -3.36. The summed E-state index contributed by atoms with van der Waals surface area (Å²) in [4.78, 5) is 12.3. The molecule has 0 saturated heterocycles. The van der Waals surface area contributed by atoms with Gasteiger partial charge in [0, 0.05) is 6.54 Å². The Balaban J connectivity index is 2.09. The topological polar surface area (TPSA) is 84.5 Å². The minimum Gasteiger partial charge on any atom is -0.457 e. The van der Waals surface area contributed by atoms with Gasteiger partial charge in [0.25, 0.3) is 5.91 Å². The lowest BCUT2D eigenvalue weighted by molar-refractivity contribution is 0.0954. The van der Waals surface area contributed by atoms with Gasteiger partial charge >= 0.3 is 0 Å². The van der Waals surface area contributed by atoms with Gasteiger partial charge in [-0.1, -0.05) is 24.3 Å². The maximum atomic E-state index is 12.3. The fourth-order valence-corrected chi connectivity index (χ4v) is 2.62. The van der Waals surface area contributed by atoms with E-state index in [1.807, 2.05) is 25.1 Å². The quantitative estimate of drug-likeness (QED) is 0.802. The number of carbonyl (C=O) groups excluding carboxylic acids is 1. The van der Waals surface area contributed by atoms with Crippen molar-refractivity contribution in [2.24, 2.45) is 0 Å². The van der Waals surface area contributed by atoms with Crippen LogP contribution in [0.1, 0.15) is 15.9 Å². The standard InChI is InChI=1S/C17H20N2O4S/c1-13-6-5-7-14(12-13)23-16-9-4-3-8-15(16)17(20)19-10-11-24(21,22)18-2/h3-9,12,18H,10-11H2,1-2H3,(H,19,20). The van der Waals surface area contributed by atoms with Crippen LogP contribution in [0.5, 0.6) is 11.5 Å². The first kappa shape index (κ1) is 18.0. The predicted molar refractivity (Wildman–Crippen MR) is 92.9 cm³/mol. The fraction of sp³-hybridized carbons (Fsp3) is 0.235. The number of carbonyl (C=O) groups is 1. The van der Waals surface area contributed by atoms with Gasteiger partial charge in [-0.2, -0.15) is 0 Å². The summed E-state index contributed by atoms with van der Waals surface area (Å²) in [7, 11) is -2.02. The van der Waals surface area contributed by atoms with Crippen molar-refractivity contribution in [3.05, 3.63) is 59.7 Å². The molecule has 0 heterocycles. The van der Waals surface area contributed by atoms with Crippen LogP contribution >= 0.6 is 0 Å². The summed E-state index contributed by atoms with van der Waals surface area (Å²) in [5.74, 6) is 0.477. The van der Waals surface area contributed by atoms with Crippen LogP contribution in [0.4, 0.5) is 0 Å². The molecule has 7 heteroatoms. The van der Waals surface area contributed by atoms with Crippen molar-refractivity contribution in [1.82, 2.24) is 10.0 Å². The summed E-state index contributed by atoms with van der Waals surface area (Å²) in [6.07, 6.45) is 0. The molecule has 0 aliphatic rings. The average Bonchev–Trinajstić information content (AvgIpc) is 2.55. The van der Waals surface area contributed by atoms with Crippen molar-refractivity contribution in [3.8, 4) is 11.5 Å². The van der Waals surface area contributed by atoms with E-state index in [-0.39, 0.29) is 18.2 Å². The van der Waals surface area contributed by atoms with Crippen molar-refractivity contribution < 1.29 is 17.9 Å². The minimum absolute atomic E-state index is 0.0147. The lowest BCUT2D eigenvalue weighted by Gasteiger charge is -2.12. The number of aryl methyl sites for hydroxylation is 1. The van der Waals surface area contributed by atoms with Crippen molar-refractivity contribution in [1.29, 1.82) is 0 Å². The molecule has 128 valence electrons. The van der Waals surface area contributed by atoms with E-state index >= 15 is 0 Å². The van der Waals surface area contributed by atoms with Crippen molar-refractivity contribution in [2.75, 3.05) is 19.3 Å². The molecule has 0 atom stereocenters. The van der Waals surface area contributed by atoms with Gasteiger partial charge in [-0.15, -0.1) is 0 Å². The lowest BCUT2D eigenvalue weighted by atomic mass is 10.2. The number of hydrogen-bond acceptors (Lipinski definition) is 4. The largest absolute Gasteiger partial charge is 0.457 e. The van der Waals surface area contributed by atoms with E-state index in [0.717, 1.165) is 5.56 Å². The molecule has 2 rings (SSSR count). The molecule has 0 aliphatic heterocycles. The number of ether oxygens (including phenoxy) is 1. The highest BCUT2D eigenvalue weighted by atomic mass is 32.2. The number of benzene rings is 2. The Labute approximate surface area is 141 Å². The average molecular weight is 348 g/mol. The maximum absolute atomic E-state index is 12.3. The molecule has 24 heavy (non-hydrogen) atoms. The van der Waals surface area contributed by atoms with Gasteiger partial charge in [-0.05, 0) is 43.8 Å². The second-order valence-corrected chi connectivity index (χ2v) is 7.24. The normalized spacial score (nSPS) is 11.1. The van der Waals surface area contributed by atoms with E-state index in [9.17, 15) is 13.2 Å². The van der Waals surface area contributed by atoms with Gasteiger partial charge in [0.15, 0.2) is 0 Å². The van der Waals surface area contributed by atoms with Gasteiger partial charge in [0.2, 0.25) is 10.0 Å². The van der Waals surface area contributed by atoms with E-state index in [1.165, 1.54) is 7.05 Å². The molecule has 0 saturated carbocycles. The zero-order valence-electron chi connectivity index (χ0n) is 13.6. The molecule has 0 unspecified atom stereocenters. The molecule has 0 spiro atoms. The molecule has 0 bridgehead atoms. The first-order valence-corrected chi connectivity index (χ1v) is 9.09. The predicted octanol–water partition coefficient (Wildman–Crippen LogP) is 2.07. The lowest BCUT2D eigenvalue weighted by Crippen LogP contribution is -2.33. The van der Waals surface area contributed by atoms with Crippen molar-refractivity contribution in [2.45, 2.75) is 6.92 Å². The monoisotopic (exact) mass is 348 g/mol. The molecular weight excluding hydrogens is 328 g/mol. The van der Waals surface area contributed by atoms with Gasteiger partial charge in [0.1, 0.15) is 11.5 Å². The third-order valence-electron chi connectivity index (χ3n) is 3.32. The summed E-state index contributed by atoms with van der Waals surface area (Å²) >= 11 is 0. The molecule has 0 aromatic heterocycles. The highest BCUT2D eigenvalue weighted by Gasteiger charge is 2.14. The number of nitrogens with one attached hydrogen (secondary N) is 2. The highest BCUT2D eigenvalue weighted by Crippen LogP contribution is 2.25.